The number of nitrogens with zero attached hydrogens (tertiary/aromatic N) is 1. The molecule has 0 atom stereocenters. The Hall–Kier alpha value is -2.75. The van der Waals surface area contributed by atoms with Gasteiger partial charge in [-0.15, -0.1) is 0 Å². The minimum atomic E-state index is -0.101. The van der Waals surface area contributed by atoms with Crippen LogP contribution in [-0.2, 0) is 11.3 Å². The highest BCUT2D eigenvalue weighted by Crippen LogP contribution is 2.19. The van der Waals surface area contributed by atoms with E-state index in [9.17, 15) is 4.79 Å². The molecule has 118 valence electrons. The first-order valence-corrected chi connectivity index (χ1v) is 7.78. The van der Waals surface area contributed by atoms with Crippen molar-refractivity contribution in [2.24, 2.45) is 0 Å². The van der Waals surface area contributed by atoms with E-state index in [1.54, 1.807) is 18.4 Å². The summed E-state index contributed by atoms with van der Waals surface area (Å²) in [6.45, 7) is 3.65. The molecule has 0 aliphatic carbocycles. The molecular weight excluding hydrogens is 288 g/mol. The normalized spacial score (nSPS) is 11.3. The Bertz CT molecular complexity index is 813. The Balaban J connectivity index is 1.49. The van der Waals surface area contributed by atoms with Crippen molar-refractivity contribution in [3.8, 4) is 0 Å². The Morgan fingerprint density at radius 1 is 1.26 bits per heavy atom. The van der Waals surface area contributed by atoms with Crippen LogP contribution in [0.25, 0.3) is 17.0 Å². The van der Waals surface area contributed by atoms with Gasteiger partial charge in [-0.05, 0) is 49.1 Å². The maximum atomic E-state index is 11.7. The van der Waals surface area contributed by atoms with E-state index < -0.39 is 0 Å². The van der Waals surface area contributed by atoms with Crippen LogP contribution in [0.1, 0.15) is 17.9 Å². The number of furan rings is 1. The highest BCUT2D eigenvalue weighted by molar-refractivity contribution is 5.91. The first-order valence-electron chi connectivity index (χ1n) is 7.78. The monoisotopic (exact) mass is 308 g/mol. The fourth-order valence-corrected chi connectivity index (χ4v) is 2.70. The molecule has 3 aromatic rings. The standard InChI is InChI=1S/C19H20N2O2/c1-15-14-16-6-2-3-8-18(16)21(15)12-5-11-20-19(22)10-9-17-7-4-13-23-17/h2-4,6-10,13-14H,5,11-12H2,1H3,(H,20,22). The summed E-state index contributed by atoms with van der Waals surface area (Å²) in [5, 5.41) is 4.15. The minimum absolute atomic E-state index is 0.101. The van der Waals surface area contributed by atoms with Gasteiger partial charge in [0.25, 0.3) is 0 Å². The van der Waals surface area contributed by atoms with Gasteiger partial charge in [-0.25, -0.2) is 0 Å². The molecule has 0 bridgehead atoms. The number of fused-ring (bicyclic) bond motifs is 1. The van der Waals surface area contributed by atoms with Crippen molar-refractivity contribution in [2.75, 3.05) is 6.54 Å². The van der Waals surface area contributed by atoms with Crippen molar-refractivity contribution in [1.82, 2.24) is 9.88 Å². The average Bonchev–Trinajstić information content (AvgIpc) is 3.17. The van der Waals surface area contributed by atoms with Gasteiger partial charge in [0.2, 0.25) is 5.91 Å². The number of hydrogen-bond acceptors (Lipinski definition) is 2. The first kappa shape index (κ1) is 15.2. The largest absolute Gasteiger partial charge is 0.465 e. The van der Waals surface area contributed by atoms with Gasteiger partial charge in [0.1, 0.15) is 5.76 Å². The number of carbonyl (C=O) groups excluding carboxylic acids is 1. The zero-order valence-electron chi connectivity index (χ0n) is 13.2. The van der Waals surface area contributed by atoms with Gasteiger partial charge in [-0.3, -0.25) is 4.79 Å². The van der Waals surface area contributed by atoms with Crippen molar-refractivity contribution >= 4 is 22.9 Å². The van der Waals surface area contributed by atoms with Crippen molar-refractivity contribution in [3.05, 3.63) is 66.3 Å². The molecule has 0 fully saturated rings. The van der Waals surface area contributed by atoms with Gasteiger partial charge in [0.05, 0.1) is 6.26 Å². The van der Waals surface area contributed by atoms with Gasteiger partial charge in [-0.2, -0.15) is 0 Å². The van der Waals surface area contributed by atoms with Crippen LogP contribution in [0.4, 0.5) is 0 Å². The maximum Gasteiger partial charge on any atom is 0.244 e. The third-order valence-corrected chi connectivity index (χ3v) is 3.82. The lowest BCUT2D eigenvalue weighted by Gasteiger charge is -2.08. The summed E-state index contributed by atoms with van der Waals surface area (Å²) in [4.78, 5) is 11.7. The number of carbonyl (C=O) groups is 1. The number of benzene rings is 1. The topological polar surface area (TPSA) is 47.2 Å². The molecule has 4 nitrogen and oxygen atoms in total. The number of rotatable bonds is 6. The van der Waals surface area contributed by atoms with Crippen LogP contribution in [0.15, 0.2) is 59.2 Å². The lowest BCUT2D eigenvalue weighted by atomic mass is 10.2. The van der Waals surface area contributed by atoms with Gasteiger partial charge >= 0.3 is 0 Å². The molecule has 0 saturated carbocycles. The number of amides is 1. The molecule has 1 amide bonds. The van der Waals surface area contributed by atoms with Crippen LogP contribution in [-0.4, -0.2) is 17.0 Å². The molecular formula is C19H20N2O2. The predicted molar refractivity (Wildman–Crippen MR) is 92.0 cm³/mol. The SMILES string of the molecule is Cc1cc2ccccc2n1CCCNC(=O)C=Cc1ccco1. The molecule has 23 heavy (non-hydrogen) atoms. The number of para-hydroxylation sites is 1. The van der Waals surface area contributed by atoms with Crippen molar-refractivity contribution < 1.29 is 9.21 Å². The van der Waals surface area contributed by atoms with Gasteiger partial charge in [0.15, 0.2) is 0 Å². The summed E-state index contributed by atoms with van der Waals surface area (Å²) < 4.78 is 7.43. The molecule has 2 heterocycles. The third-order valence-electron chi connectivity index (χ3n) is 3.82. The summed E-state index contributed by atoms with van der Waals surface area (Å²) in [5.74, 6) is 0.574. The van der Waals surface area contributed by atoms with Crippen molar-refractivity contribution in [1.29, 1.82) is 0 Å². The molecule has 1 aromatic carbocycles. The summed E-state index contributed by atoms with van der Waals surface area (Å²) in [6, 6.07) is 14.2. The Labute approximate surface area is 135 Å². The van der Waals surface area contributed by atoms with Crippen molar-refractivity contribution in [3.63, 3.8) is 0 Å². The molecule has 0 aliphatic rings. The molecule has 3 rings (SSSR count). The van der Waals surface area contributed by atoms with Crippen LogP contribution in [0.3, 0.4) is 0 Å². The van der Waals surface area contributed by atoms with E-state index in [1.807, 2.05) is 6.07 Å². The van der Waals surface area contributed by atoms with E-state index in [-0.39, 0.29) is 5.91 Å². The Morgan fingerprint density at radius 2 is 2.13 bits per heavy atom. The lowest BCUT2D eigenvalue weighted by molar-refractivity contribution is -0.116. The predicted octanol–water partition coefficient (Wildman–Crippen LogP) is 3.76. The van der Waals surface area contributed by atoms with Crippen LogP contribution >= 0.6 is 0 Å². The van der Waals surface area contributed by atoms with Crippen LogP contribution in [0.2, 0.25) is 0 Å². The number of aromatic nitrogens is 1. The molecule has 2 aromatic heterocycles. The highest BCUT2D eigenvalue weighted by atomic mass is 16.3. The quantitative estimate of drug-likeness (QED) is 0.557. The first-order chi connectivity index (χ1) is 11.2. The summed E-state index contributed by atoms with van der Waals surface area (Å²) in [6.07, 6.45) is 5.63. The van der Waals surface area contributed by atoms with Gasteiger partial charge in [0, 0.05) is 30.4 Å². The fourth-order valence-electron chi connectivity index (χ4n) is 2.70. The van der Waals surface area contributed by atoms with E-state index in [0.717, 1.165) is 13.0 Å². The zero-order valence-corrected chi connectivity index (χ0v) is 13.2. The van der Waals surface area contributed by atoms with E-state index in [4.69, 9.17) is 4.42 Å². The van der Waals surface area contributed by atoms with Gasteiger partial charge < -0.3 is 14.3 Å². The maximum absolute atomic E-state index is 11.7. The van der Waals surface area contributed by atoms with Crippen LogP contribution in [0, 0.1) is 6.92 Å². The van der Waals surface area contributed by atoms with Crippen molar-refractivity contribution in [2.45, 2.75) is 19.9 Å². The molecule has 0 spiro atoms. The lowest BCUT2D eigenvalue weighted by Crippen LogP contribution is -2.23. The molecule has 4 heteroatoms. The average molecular weight is 308 g/mol. The second-order valence-corrected chi connectivity index (χ2v) is 5.49. The number of nitrogens with one attached hydrogen (secondary N) is 1. The molecule has 0 radical (unpaired) electrons. The molecule has 1 N–H and O–H groups in total. The van der Waals surface area contributed by atoms with Crippen LogP contribution < -0.4 is 5.32 Å². The number of aryl methyl sites for hydroxylation is 2. The molecule has 0 unspecified atom stereocenters. The highest BCUT2D eigenvalue weighted by Gasteiger charge is 2.04. The number of hydrogen-bond donors (Lipinski definition) is 1. The molecule has 0 saturated heterocycles. The fraction of sp³-hybridized carbons (Fsp3) is 0.211. The Morgan fingerprint density at radius 3 is 2.96 bits per heavy atom. The van der Waals surface area contributed by atoms with E-state index in [2.05, 4.69) is 47.1 Å². The van der Waals surface area contributed by atoms with Crippen LogP contribution in [0.5, 0.6) is 0 Å². The summed E-state index contributed by atoms with van der Waals surface area (Å²) in [5.41, 5.74) is 2.49. The van der Waals surface area contributed by atoms with E-state index in [0.29, 0.717) is 12.3 Å². The third kappa shape index (κ3) is 3.72. The van der Waals surface area contributed by atoms with E-state index in [1.165, 1.54) is 22.7 Å². The Kier molecular flexibility index (Phi) is 4.62. The summed E-state index contributed by atoms with van der Waals surface area (Å²) >= 11 is 0. The second-order valence-electron chi connectivity index (χ2n) is 5.49. The van der Waals surface area contributed by atoms with Gasteiger partial charge in [-0.1, -0.05) is 18.2 Å². The minimum Gasteiger partial charge on any atom is -0.465 e. The zero-order chi connectivity index (χ0) is 16.1. The second kappa shape index (κ2) is 7.01. The smallest absolute Gasteiger partial charge is 0.244 e. The molecule has 0 aliphatic heterocycles. The van der Waals surface area contributed by atoms with E-state index >= 15 is 0 Å². The summed E-state index contributed by atoms with van der Waals surface area (Å²) in [7, 11) is 0.